The van der Waals surface area contributed by atoms with Gasteiger partial charge in [0.05, 0.1) is 22.8 Å². The Bertz CT molecular complexity index is 1080. The van der Waals surface area contributed by atoms with Crippen LogP contribution >= 0.6 is 0 Å². The maximum Gasteiger partial charge on any atom is 0.0636 e. The summed E-state index contributed by atoms with van der Waals surface area (Å²) in [7, 11) is 0. The molecule has 2 nitrogen and oxygen atoms in total. The van der Waals surface area contributed by atoms with E-state index in [1.54, 1.807) is 0 Å². The summed E-state index contributed by atoms with van der Waals surface area (Å²) in [6, 6.07) is 13.7. The first-order chi connectivity index (χ1) is 21.1. The van der Waals surface area contributed by atoms with E-state index in [-0.39, 0.29) is 0 Å². The molecule has 0 bridgehead atoms. The van der Waals surface area contributed by atoms with Gasteiger partial charge in [-0.15, -0.1) is 0 Å². The Kier molecular flexibility index (Phi) is 19.9. The van der Waals surface area contributed by atoms with E-state index in [0.29, 0.717) is 0 Å². The molecule has 0 aliphatic rings. The van der Waals surface area contributed by atoms with Crippen LogP contribution in [0, 0.1) is 0 Å². The van der Waals surface area contributed by atoms with Crippen molar-refractivity contribution >= 4 is 22.8 Å². The quantitative estimate of drug-likeness (QED) is 0.0863. The Morgan fingerprint density at radius 2 is 0.721 bits per heavy atom. The van der Waals surface area contributed by atoms with Gasteiger partial charge in [-0.25, -0.2) is 0 Å². The van der Waals surface area contributed by atoms with Crippen LogP contribution in [0.25, 0.3) is 0 Å². The maximum atomic E-state index is 5.40. The van der Waals surface area contributed by atoms with E-state index in [1.165, 1.54) is 130 Å². The minimum atomic E-state index is 1.02. The van der Waals surface area contributed by atoms with Gasteiger partial charge in [-0.05, 0) is 97.9 Å². The van der Waals surface area contributed by atoms with Gasteiger partial charge in [0.25, 0.3) is 0 Å². The van der Waals surface area contributed by atoms with Crippen molar-refractivity contribution in [1.82, 2.24) is 0 Å². The number of nitrogens with zero attached hydrogens (tertiary/aromatic N) is 2. The third kappa shape index (κ3) is 14.4. The minimum Gasteiger partial charge on any atom is -0.252 e. The van der Waals surface area contributed by atoms with Crippen molar-refractivity contribution in [1.29, 1.82) is 0 Å². The molecule has 0 unspecified atom stereocenters. The van der Waals surface area contributed by atoms with Crippen LogP contribution in [0.15, 0.2) is 46.4 Å². The number of aliphatic imine (C=N–C) groups is 2. The molecule has 0 amide bonds. The number of hydrogen-bond donors (Lipinski definition) is 0. The van der Waals surface area contributed by atoms with Crippen LogP contribution in [-0.2, 0) is 25.7 Å². The van der Waals surface area contributed by atoms with Crippen molar-refractivity contribution in [3.63, 3.8) is 0 Å². The third-order valence-corrected chi connectivity index (χ3v) is 9.05. The van der Waals surface area contributed by atoms with Gasteiger partial charge >= 0.3 is 0 Å². The summed E-state index contributed by atoms with van der Waals surface area (Å²) in [6.07, 6.45) is 26.2. The highest BCUT2D eigenvalue weighted by Gasteiger charge is 2.13. The van der Waals surface area contributed by atoms with Gasteiger partial charge in [-0.1, -0.05) is 137 Å². The molecule has 2 heteroatoms. The normalized spacial score (nSPS) is 12.3. The largest absolute Gasteiger partial charge is 0.252 e. The average Bonchev–Trinajstić information content (AvgIpc) is 3.04. The second kappa shape index (κ2) is 23.2. The van der Waals surface area contributed by atoms with Gasteiger partial charge in [0.1, 0.15) is 0 Å². The van der Waals surface area contributed by atoms with E-state index in [1.807, 2.05) is 0 Å². The second-order valence-electron chi connectivity index (χ2n) is 12.5. The summed E-state index contributed by atoms with van der Waals surface area (Å²) in [5.74, 6) is 0. The molecule has 43 heavy (non-hydrogen) atoms. The van der Waals surface area contributed by atoms with Gasteiger partial charge in [0.15, 0.2) is 0 Å². The van der Waals surface area contributed by atoms with Gasteiger partial charge in [0, 0.05) is 0 Å². The zero-order chi connectivity index (χ0) is 31.1. The SMILES string of the molecule is CCCCCCCCCCCC(=Nc1ccc(CC)c(CC)c1)C(CCCCCCCC)=Nc1ccc(CC)c(CC)c1. The first-order valence-electron chi connectivity index (χ1n) is 18.5. The predicted molar refractivity (Wildman–Crippen MR) is 194 cm³/mol. The molecule has 240 valence electrons. The highest BCUT2D eigenvalue weighted by Crippen LogP contribution is 2.25. The fourth-order valence-electron chi connectivity index (χ4n) is 6.23. The highest BCUT2D eigenvalue weighted by molar-refractivity contribution is 6.43. The van der Waals surface area contributed by atoms with Crippen LogP contribution in [0.3, 0.4) is 0 Å². The third-order valence-electron chi connectivity index (χ3n) is 9.05. The number of unbranched alkanes of at least 4 members (excludes halogenated alkanes) is 13. The van der Waals surface area contributed by atoms with Crippen LogP contribution in [-0.4, -0.2) is 11.4 Å². The van der Waals surface area contributed by atoms with E-state index in [4.69, 9.17) is 9.98 Å². The van der Waals surface area contributed by atoms with Crippen LogP contribution in [0.5, 0.6) is 0 Å². The fourth-order valence-corrected chi connectivity index (χ4v) is 6.23. The monoisotopic (exact) mass is 587 g/mol. The predicted octanol–water partition coefficient (Wildman–Crippen LogP) is 13.5. The lowest BCUT2D eigenvalue weighted by Gasteiger charge is -2.14. The van der Waals surface area contributed by atoms with Gasteiger partial charge in [0.2, 0.25) is 0 Å². The molecular weight excluding hydrogens is 520 g/mol. The molecule has 0 aromatic heterocycles. The number of benzene rings is 2. The summed E-state index contributed by atoms with van der Waals surface area (Å²) in [6.45, 7) is 13.6. The summed E-state index contributed by atoms with van der Waals surface area (Å²) in [4.78, 5) is 10.8. The van der Waals surface area contributed by atoms with Gasteiger partial charge in [-0.3, -0.25) is 9.98 Å². The molecule has 2 aromatic carbocycles. The molecule has 0 N–H and O–H groups in total. The number of aryl methyl sites for hydroxylation is 4. The molecule has 0 radical (unpaired) electrons. The Morgan fingerprint density at radius 3 is 1.05 bits per heavy atom. The standard InChI is InChI=1S/C41H66N2/c1-7-13-15-17-19-20-21-23-25-27-41(43-39-31-29-35(10-4)37(12-6)33-39)40(26-24-22-18-16-14-8-2)42-38-30-28-34(9-3)36(11-5)32-38/h28-33H,7-27H2,1-6H3. The second-order valence-corrected chi connectivity index (χ2v) is 12.5. The van der Waals surface area contributed by atoms with Gasteiger partial charge < -0.3 is 0 Å². The van der Waals surface area contributed by atoms with Crippen molar-refractivity contribution in [3.8, 4) is 0 Å². The molecule has 0 fully saturated rings. The fraction of sp³-hybridized carbons (Fsp3) is 0.659. The number of rotatable bonds is 24. The van der Waals surface area contributed by atoms with Crippen molar-refractivity contribution < 1.29 is 0 Å². The van der Waals surface area contributed by atoms with E-state index < -0.39 is 0 Å². The lowest BCUT2D eigenvalue weighted by atomic mass is 9.98. The van der Waals surface area contributed by atoms with E-state index in [9.17, 15) is 0 Å². The maximum absolute atomic E-state index is 5.40. The van der Waals surface area contributed by atoms with Crippen LogP contribution < -0.4 is 0 Å². The first kappa shape index (κ1) is 37.0. The molecule has 0 aliphatic heterocycles. The Morgan fingerprint density at radius 1 is 0.395 bits per heavy atom. The zero-order valence-electron chi connectivity index (χ0n) is 29.2. The van der Waals surface area contributed by atoms with E-state index in [2.05, 4.69) is 77.9 Å². The Balaban J connectivity index is 2.34. The average molecular weight is 587 g/mol. The molecule has 0 saturated heterocycles. The van der Waals surface area contributed by atoms with Gasteiger partial charge in [-0.2, -0.15) is 0 Å². The summed E-state index contributed by atoms with van der Waals surface area (Å²) < 4.78 is 0. The summed E-state index contributed by atoms with van der Waals surface area (Å²) in [5.41, 5.74) is 10.4. The van der Waals surface area contributed by atoms with E-state index >= 15 is 0 Å². The Labute approximate surface area is 267 Å². The molecular formula is C41H66N2. The van der Waals surface area contributed by atoms with E-state index in [0.717, 1.165) is 49.9 Å². The molecule has 0 heterocycles. The molecule has 0 atom stereocenters. The Hall–Kier alpha value is -2.22. The first-order valence-corrected chi connectivity index (χ1v) is 18.5. The molecule has 0 aliphatic carbocycles. The lowest BCUT2D eigenvalue weighted by Crippen LogP contribution is -2.14. The smallest absolute Gasteiger partial charge is 0.0636 e. The molecule has 2 aromatic rings. The molecule has 0 saturated carbocycles. The zero-order valence-corrected chi connectivity index (χ0v) is 29.2. The van der Waals surface area contributed by atoms with Crippen molar-refractivity contribution in [2.24, 2.45) is 9.98 Å². The summed E-state index contributed by atoms with van der Waals surface area (Å²) in [5, 5.41) is 0. The van der Waals surface area contributed by atoms with Crippen LogP contribution in [0.2, 0.25) is 0 Å². The van der Waals surface area contributed by atoms with Crippen molar-refractivity contribution in [2.75, 3.05) is 0 Å². The van der Waals surface area contributed by atoms with Crippen molar-refractivity contribution in [3.05, 3.63) is 58.7 Å². The van der Waals surface area contributed by atoms with Crippen LogP contribution in [0.1, 0.15) is 173 Å². The number of hydrogen-bond acceptors (Lipinski definition) is 2. The van der Waals surface area contributed by atoms with Crippen molar-refractivity contribution in [2.45, 2.75) is 176 Å². The van der Waals surface area contributed by atoms with Crippen LogP contribution in [0.4, 0.5) is 11.4 Å². The lowest BCUT2D eigenvalue weighted by molar-refractivity contribution is 0.568. The highest BCUT2D eigenvalue weighted by atomic mass is 14.8. The summed E-state index contributed by atoms with van der Waals surface area (Å²) >= 11 is 0. The minimum absolute atomic E-state index is 1.02. The topological polar surface area (TPSA) is 24.7 Å². The molecule has 0 spiro atoms. The molecule has 2 rings (SSSR count).